The number of rotatable bonds is 5. The summed E-state index contributed by atoms with van der Waals surface area (Å²) in [6.45, 7) is 0.132. The average Bonchev–Trinajstić information content (AvgIpc) is 2.80. The number of amides is 1. The van der Waals surface area contributed by atoms with Crippen LogP contribution in [-0.4, -0.2) is 45.5 Å². The molecule has 0 bridgehead atoms. The zero-order valence-corrected chi connectivity index (χ0v) is 18.7. The second-order valence-corrected chi connectivity index (χ2v) is 9.40. The second-order valence-electron chi connectivity index (χ2n) is 6.98. The van der Waals surface area contributed by atoms with E-state index in [9.17, 15) is 13.2 Å². The van der Waals surface area contributed by atoms with E-state index in [2.05, 4.69) is 10.3 Å². The lowest BCUT2D eigenvalue weighted by Gasteiger charge is -2.28. The van der Waals surface area contributed by atoms with Crippen LogP contribution < -0.4 is 14.4 Å². The van der Waals surface area contributed by atoms with Crippen molar-refractivity contribution in [2.45, 2.75) is 0 Å². The Bertz CT molecular complexity index is 1250. The standard InChI is InChI=1S/C22H20ClN3O5S/c1-30-18-8-9-24-21(13-18)19-12-16(4-7-20(19)23)25-22(27)15-2-5-17(6-3-15)26-14-31-10-11-32(26,28)29/h2-9,12-13H,10-11,14H2,1H3,(H,25,27). The Labute approximate surface area is 190 Å². The zero-order chi connectivity index (χ0) is 22.7. The molecule has 32 heavy (non-hydrogen) atoms. The quantitative estimate of drug-likeness (QED) is 0.605. The number of hydrogen-bond acceptors (Lipinski definition) is 6. The number of aromatic nitrogens is 1. The number of methoxy groups -OCH3 is 1. The molecule has 2 aromatic carbocycles. The highest BCUT2D eigenvalue weighted by molar-refractivity contribution is 7.92. The third-order valence-corrected chi connectivity index (χ3v) is 6.91. The first kappa shape index (κ1) is 22.1. The van der Waals surface area contributed by atoms with Crippen LogP contribution in [0.5, 0.6) is 5.75 Å². The fourth-order valence-corrected chi connectivity index (χ4v) is 4.65. The number of ether oxygens (including phenoxy) is 2. The monoisotopic (exact) mass is 473 g/mol. The van der Waals surface area contributed by atoms with Crippen LogP contribution in [0, 0.1) is 0 Å². The molecule has 10 heteroatoms. The Kier molecular flexibility index (Phi) is 6.31. The molecular weight excluding hydrogens is 454 g/mol. The van der Waals surface area contributed by atoms with Crippen LogP contribution in [0.25, 0.3) is 11.3 Å². The largest absolute Gasteiger partial charge is 0.497 e. The first-order valence-corrected chi connectivity index (χ1v) is 11.7. The Morgan fingerprint density at radius 3 is 2.66 bits per heavy atom. The Hall–Kier alpha value is -3.14. The van der Waals surface area contributed by atoms with Crippen LogP contribution >= 0.6 is 11.6 Å². The molecule has 0 atom stereocenters. The highest BCUT2D eigenvalue weighted by atomic mass is 35.5. The van der Waals surface area contributed by atoms with E-state index in [1.54, 1.807) is 67.9 Å². The molecule has 1 aliphatic rings. The summed E-state index contributed by atoms with van der Waals surface area (Å²) >= 11 is 6.34. The van der Waals surface area contributed by atoms with Crippen molar-refractivity contribution in [1.82, 2.24) is 4.98 Å². The van der Waals surface area contributed by atoms with Gasteiger partial charge in [-0.3, -0.25) is 9.78 Å². The fraction of sp³-hybridized carbons (Fsp3) is 0.182. The van der Waals surface area contributed by atoms with E-state index < -0.39 is 10.0 Å². The minimum absolute atomic E-state index is 0.0419. The van der Waals surface area contributed by atoms with Gasteiger partial charge in [-0.25, -0.2) is 12.7 Å². The first-order valence-electron chi connectivity index (χ1n) is 9.67. The van der Waals surface area contributed by atoms with E-state index in [0.29, 0.717) is 39.0 Å². The molecule has 0 radical (unpaired) electrons. The number of pyridine rings is 1. The smallest absolute Gasteiger partial charge is 0.255 e. The highest BCUT2D eigenvalue weighted by Gasteiger charge is 2.26. The molecular formula is C22H20ClN3O5S. The van der Waals surface area contributed by atoms with Gasteiger partial charge in [0.2, 0.25) is 10.0 Å². The normalized spacial score (nSPS) is 15.2. The van der Waals surface area contributed by atoms with E-state index in [4.69, 9.17) is 21.1 Å². The van der Waals surface area contributed by atoms with Crippen molar-refractivity contribution < 1.29 is 22.7 Å². The van der Waals surface area contributed by atoms with Crippen LogP contribution in [0.4, 0.5) is 11.4 Å². The molecule has 8 nitrogen and oxygen atoms in total. The van der Waals surface area contributed by atoms with Crippen molar-refractivity contribution in [3.63, 3.8) is 0 Å². The number of carbonyl (C=O) groups is 1. The number of carbonyl (C=O) groups excluding carboxylic acids is 1. The van der Waals surface area contributed by atoms with E-state index in [1.807, 2.05) is 0 Å². The van der Waals surface area contributed by atoms with Crippen LogP contribution in [-0.2, 0) is 14.8 Å². The van der Waals surface area contributed by atoms with Crippen LogP contribution in [0.15, 0.2) is 60.8 Å². The van der Waals surface area contributed by atoms with Gasteiger partial charge in [-0.1, -0.05) is 11.6 Å². The van der Waals surface area contributed by atoms with Crippen molar-refractivity contribution >= 4 is 38.9 Å². The van der Waals surface area contributed by atoms with Gasteiger partial charge in [0.15, 0.2) is 0 Å². The molecule has 1 N–H and O–H groups in total. The maximum Gasteiger partial charge on any atom is 0.255 e. The van der Waals surface area contributed by atoms with Gasteiger partial charge in [-0.15, -0.1) is 0 Å². The highest BCUT2D eigenvalue weighted by Crippen LogP contribution is 2.31. The van der Waals surface area contributed by atoms with E-state index in [-0.39, 0.29) is 25.0 Å². The van der Waals surface area contributed by atoms with Gasteiger partial charge in [0, 0.05) is 29.1 Å². The van der Waals surface area contributed by atoms with Crippen molar-refractivity contribution in [2.75, 3.05) is 35.8 Å². The summed E-state index contributed by atoms with van der Waals surface area (Å²) in [5.41, 5.74) is 2.61. The Morgan fingerprint density at radius 2 is 1.94 bits per heavy atom. The lowest BCUT2D eigenvalue weighted by atomic mass is 10.1. The van der Waals surface area contributed by atoms with E-state index in [0.717, 1.165) is 0 Å². The Balaban J connectivity index is 1.53. The van der Waals surface area contributed by atoms with Crippen molar-refractivity contribution in [2.24, 2.45) is 0 Å². The van der Waals surface area contributed by atoms with Crippen molar-refractivity contribution in [1.29, 1.82) is 0 Å². The molecule has 1 amide bonds. The number of nitrogens with one attached hydrogen (secondary N) is 1. The topological polar surface area (TPSA) is 97.8 Å². The van der Waals surface area contributed by atoms with Gasteiger partial charge in [0.25, 0.3) is 5.91 Å². The maximum atomic E-state index is 12.7. The molecule has 0 saturated carbocycles. The molecule has 1 aliphatic heterocycles. The van der Waals surface area contributed by atoms with Gasteiger partial charge in [-0.2, -0.15) is 0 Å². The Morgan fingerprint density at radius 1 is 1.16 bits per heavy atom. The van der Waals surface area contributed by atoms with Crippen LogP contribution in [0.3, 0.4) is 0 Å². The number of hydrogen-bond donors (Lipinski definition) is 1. The fourth-order valence-electron chi connectivity index (χ4n) is 3.20. The number of anilines is 2. The first-order chi connectivity index (χ1) is 15.4. The molecule has 4 rings (SSSR count). The van der Waals surface area contributed by atoms with Crippen molar-refractivity contribution in [3.05, 3.63) is 71.4 Å². The third-order valence-electron chi connectivity index (χ3n) is 4.91. The lowest BCUT2D eigenvalue weighted by Crippen LogP contribution is -2.41. The predicted molar refractivity (Wildman–Crippen MR) is 123 cm³/mol. The lowest BCUT2D eigenvalue weighted by molar-refractivity contribution is 0.102. The molecule has 3 aromatic rings. The zero-order valence-electron chi connectivity index (χ0n) is 17.1. The van der Waals surface area contributed by atoms with Gasteiger partial charge >= 0.3 is 0 Å². The van der Waals surface area contributed by atoms with Gasteiger partial charge < -0.3 is 14.8 Å². The van der Waals surface area contributed by atoms with E-state index >= 15 is 0 Å². The number of halogens is 1. The molecule has 1 aromatic heterocycles. The average molecular weight is 474 g/mol. The maximum absolute atomic E-state index is 12.7. The summed E-state index contributed by atoms with van der Waals surface area (Å²) < 4.78 is 36.1. The summed E-state index contributed by atoms with van der Waals surface area (Å²) in [7, 11) is -1.85. The third kappa shape index (κ3) is 4.69. The number of sulfonamides is 1. The van der Waals surface area contributed by atoms with Gasteiger partial charge in [0.1, 0.15) is 12.5 Å². The van der Waals surface area contributed by atoms with Crippen LogP contribution in [0.2, 0.25) is 5.02 Å². The molecule has 1 saturated heterocycles. The van der Waals surface area contributed by atoms with Gasteiger partial charge in [-0.05, 0) is 48.5 Å². The minimum Gasteiger partial charge on any atom is -0.497 e. The molecule has 2 heterocycles. The summed E-state index contributed by atoms with van der Waals surface area (Å²) in [6, 6.07) is 14.9. The molecule has 1 fully saturated rings. The molecule has 166 valence electrons. The van der Waals surface area contributed by atoms with Crippen molar-refractivity contribution in [3.8, 4) is 17.0 Å². The SMILES string of the molecule is COc1ccnc(-c2cc(NC(=O)c3ccc(N4COCCS4(=O)=O)cc3)ccc2Cl)c1. The molecule has 0 aliphatic carbocycles. The minimum atomic E-state index is -3.42. The predicted octanol–water partition coefficient (Wildman–Crippen LogP) is 3.79. The van der Waals surface area contributed by atoms with Crippen LogP contribution in [0.1, 0.15) is 10.4 Å². The summed E-state index contributed by atoms with van der Waals surface area (Å²) in [5.74, 6) is 0.221. The van der Waals surface area contributed by atoms with Gasteiger partial charge in [0.05, 0.1) is 35.9 Å². The summed E-state index contributed by atoms with van der Waals surface area (Å²) in [4.78, 5) is 17.0. The number of benzene rings is 2. The molecule has 0 unspecified atom stereocenters. The summed E-state index contributed by atoms with van der Waals surface area (Å²) in [6.07, 6.45) is 1.62. The molecule has 0 spiro atoms. The number of nitrogens with zero attached hydrogens (tertiary/aromatic N) is 2. The van der Waals surface area contributed by atoms with E-state index in [1.165, 1.54) is 4.31 Å². The second kappa shape index (κ2) is 9.15. The summed E-state index contributed by atoms with van der Waals surface area (Å²) in [5, 5.41) is 3.31.